The van der Waals surface area contributed by atoms with E-state index in [0.717, 1.165) is 0 Å². The van der Waals surface area contributed by atoms with Gasteiger partial charge in [0.2, 0.25) is 29.5 Å². The van der Waals surface area contributed by atoms with Crippen molar-refractivity contribution in [1.29, 1.82) is 0 Å². The number of carboxylic acid groups (broad SMARTS) is 1. The van der Waals surface area contributed by atoms with Crippen molar-refractivity contribution in [2.75, 3.05) is 25.1 Å². The SMILES string of the molecule is CSCC[C@H](NC(=O)[C@@H]1CCCN1C(=O)[C@@H](NC(=O)[C@H](Cc1ccc(C(O)P(=O)(O)O)cc1)NC(=O)CN)C(C)C)C(=O)N[C@@H](CC(C)C)C(=O)O. The number of nitrogens with two attached hydrogens (primary N) is 1. The van der Waals surface area contributed by atoms with Crippen molar-refractivity contribution in [3.8, 4) is 0 Å². The highest BCUT2D eigenvalue weighted by molar-refractivity contribution is 7.98. The van der Waals surface area contributed by atoms with Crippen LogP contribution in [0.1, 0.15) is 70.4 Å². The van der Waals surface area contributed by atoms with Gasteiger partial charge in [0.15, 0.2) is 5.85 Å². The van der Waals surface area contributed by atoms with E-state index in [0.29, 0.717) is 24.2 Å². The standard InChI is InChI=1S/C33H53N6O11PS/c1-18(2)15-24(32(45)46)37-28(41)22(12-14-52-5)36-30(43)25-7-6-13-39(25)31(44)27(19(3)4)38-29(42)23(35-26(40)17-34)16-20-8-10-21(11-9-20)33(47)51(48,49)50/h8-11,18-19,22-25,27,33,47H,6-7,12-17,34H2,1-5H3,(H,35,40)(H,36,43)(H,37,41)(H,38,42)(H,45,46)(H2,48,49,50)/t22-,23-,24-,25-,27-,33?/m0/s1. The number of aliphatic hydroxyl groups excluding tert-OH is 1. The third kappa shape index (κ3) is 13.5. The smallest absolute Gasteiger partial charge is 0.358 e. The lowest BCUT2D eigenvalue weighted by Gasteiger charge is -2.32. The summed E-state index contributed by atoms with van der Waals surface area (Å²) in [6.07, 6.45) is 2.92. The zero-order valence-electron chi connectivity index (χ0n) is 30.1. The molecule has 1 saturated heterocycles. The molecule has 0 bridgehead atoms. The number of rotatable bonds is 20. The summed E-state index contributed by atoms with van der Waals surface area (Å²) in [6, 6.07) is -0.0694. The highest BCUT2D eigenvalue weighted by Gasteiger charge is 2.40. The van der Waals surface area contributed by atoms with E-state index in [1.807, 2.05) is 20.1 Å². The zero-order chi connectivity index (χ0) is 39.3. The van der Waals surface area contributed by atoms with Gasteiger partial charge in [0.25, 0.3) is 0 Å². The number of nitrogens with zero attached hydrogens (tertiary/aromatic N) is 1. The maximum Gasteiger partial charge on any atom is 0.358 e. The number of amides is 5. The maximum absolute atomic E-state index is 14.0. The first-order chi connectivity index (χ1) is 24.3. The number of aliphatic carboxylic acids is 1. The molecule has 5 amide bonds. The van der Waals surface area contributed by atoms with Crippen LogP contribution in [0.25, 0.3) is 0 Å². The minimum atomic E-state index is -4.82. The first-order valence-corrected chi connectivity index (χ1v) is 20.1. The predicted molar refractivity (Wildman–Crippen MR) is 194 cm³/mol. The van der Waals surface area contributed by atoms with Crippen LogP contribution >= 0.6 is 19.4 Å². The molecular weight excluding hydrogens is 719 g/mol. The lowest BCUT2D eigenvalue weighted by molar-refractivity contribution is -0.144. The maximum atomic E-state index is 14.0. The Kier molecular flexibility index (Phi) is 17.7. The minimum absolute atomic E-state index is 0.00955. The summed E-state index contributed by atoms with van der Waals surface area (Å²) < 4.78 is 11.4. The average molecular weight is 773 g/mol. The minimum Gasteiger partial charge on any atom is -0.480 e. The lowest BCUT2D eigenvalue weighted by Crippen LogP contribution is -2.60. The van der Waals surface area contributed by atoms with Gasteiger partial charge in [-0.15, -0.1) is 0 Å². The summed E-state index contributed by atoms with van der Waals surface area (Å²) in [4.78, 5) is 98.4. The second-order valence-electron chi connectivity index (χ2n) is 13.5. The number of hydrogen-bond acceptors (Lipinski definition) is 10. The first-order valence-electron chi connectivity index (χ1n) is 17.0. The molecule has 1 aliphatic heterocycles. The Morgan fingerprint density at radius 1 is 0.942 bits per heavy atom. The third-order valence-electron chi connectivity index (χ3n) is 8.51. The van der Waals surface area contributed by atoms with Crippen LogP contribution in [0.15, 0.2) is 24.3 Å². The Morgan fingerprint density at radius 3 is 2.08 bits per heavy atom. The number of carboxylic acids is 1. The molecule has 0 spiro atoms. The van der Waals surface area contributed by atoms with Gasteiger partial charge in [-0.25, -0.2) is 4.79 Å². The molecule has 292 valence electrons. The van der Waals surface area contributed by atoms with Gasteiger partial charge >= 0.3 is 13.6 Å². The number of benzene rings is 1. The molecule has 2 rings (SSSR count). The van der Waals surface area contributed by atoms with Gasteiger partial charge in [-0.2, -0.15) is 11.8 Å². The van der Waals surface area contributed by atoms with Crippen LogP contribution in [0.4, 0.5) is 0 Å². The van der Waals surface area contributed by atoms with Crippen molar-refractivity contribution in [2.24, 2.45) is 17.6 Å². The second-order valence-corrected chi connectivity index (χ2v) is 16.2. The summed E-state index contributed by atoms with van der Waals surface area (Å²) in [5.74, 6) is -6.36. The van der Waals surface area contributed by atoms with Crippen molar-refractivity contribution >= 4 is 54.9 Å². The number of thioether (sulfide) groups is 1. The van der Waals surface area contributed by atoms with Gasteiger partial charge in [0, 0.05) is 13.0 Å². The summed E-state index contributed by atoms with van der Waals surface area (Å²) in [6.45, 7) is 6.83. The van der Waals surface area contributed by atoms with Crippen molar-refractivity contribution in [2.45, 2.75) is 95.9 Å². The average Bonchev–Trinajstić information content (AvgIpc) is 3.57. The zero-order valence-corrected chi connectivity index (χ0v) is 31.8. The summed E-state index contributed by atoms with van der Waals surface area (Å²) >= 11 is 1.45. The lowest BCUT2D eigenvalue weighted by atomic mass is 9.99. The molecule has 1 fully saturated rings. The van der Waals surface area contributed by atoms with E-state index in [2.05, 4.69) is 21.3 Å². The molecule has 0 saturated carbocycles. The van der Waals surface area contributed by atoms with E-state index in [1.165, 1.54) is 40.9 Å². The number of nitrogens with one attached hydrogen (secondary N) is 4. The quantitative estimate of drug-likeness (QED) is 0.0780. The summed E-state index contributed by atoms with van der Waals surface area (Å²) in [5, 5.41) is 30.0. The molecule has 0 aliphatic carbocycles. The number of likely N-dealkylation sites (tertiary alicyclic amines) is 1. The largest absolute Gasteiger partial charge is 0.480 e. The van der Waals surface area contributed by atoms with Gasteiger partial charge in [0.1, 0.15) is 30.2 Å². The van der Waals surface area contributed by atoms with E-state index in [-0.39, 0.29) is 37.3 Å². The molecule has 1 aromatic carbocycles. The van der Waals surface area contributed by atoms with Gasteiger partial charge in [-0.1, -0.05) is 52.0 Å². The van der Waals surface area contributed by atoms with E-state index in [1.54, 1.807) is 13.8 Å². The molecule has 10 N–H and O–H groups in total. The van der Waals surface area contributed by atoms with Crippen LogP contribution in [0.2, 0.25) is 0 Å². The van der Waals surface area contributed by atoms with Crippen molar-refractivity contribution in [3.05, 3.63) is 35.4 Å². The molecule has 1 unspecified atom stereocenters. The Hall–Kier alpha value is -3.54. The van der Waals surface area contributed by atoms with Crippen LogP contribution in [0.5, 0.6) is 0 Å². The number of hydrogen-bond donors (Lipinski definition) is 9. The van der Waals surface area contributed by atoms with Crippen molar-refractivity contribution in [1.82, 2.24) is 26.2 Å². The van der Waals surface area contributed by atoms with Crippen molar-refractivity contribution < 1.29 is 53.3 Å². The molecular formula is C33H53N6O11PS. The summed E-state index contributed by atoms with van der Waals surface area (Å²) in [5.41, 5.74) is 5.88. The van der Waals surface area contributed by atoms with Gasteiger partial charge in [-0.3, -0.25) is 28.5 Å². The third-order valence-corrected chi connectivity index (χ3v) is 10.1. The van der Waals surface area contributed by atoms with Gasteiger partial charge in [0.05, 0.1) is 6.54 Å². The van der Waals surface area contributed by atoms with Crippen molar-refractivity contribution in [3.63, 3.8) is 0 Å². The molecule has 52 heavy (non-hydrogen) atoms. The predicted octanol–water partition coefficient (Wildman–Crippen LogP) is -0.174. The van der Waals surface area contributed by atoms with E-state index in [9.17, 15) is 53.3 Å². The fourth-order valence-corrected chi connectivity index (χ4v) is 6.74. The molecule has 19 heteroatoms. The van der Waals surface area contributed by atoms with Gasteiger partial charge < -0.3 is 51.9 Å². The van der Waals surface area contributed by atoms with E-state index < -0.39 is 91.6 Å². The monoisotopic (exact) mass is 772 g/mol. The fourth-order valence-electron chi connectivity index (χ4n) is 5.71. The number of aliphatic hydroxyl groups is 1. The molecule has 6 atom stereocenters. The molecule has 1 aliphatic rings. The highest BCUT2D eigenvalue weighted by Crippen LogP contribution is 2.49. The van der Waals surface area contributed by atoms with Crippen LogP contribution in [0.3, 0.4) is 0 Å². The van der Waals surface area contributed by atoms with E-state index in [4.69, 9.17) is 5.73 Å². The Morgan fingerprint density at radius 2 is 1.56 bits per heavy atom. The topological polar surface area (TPSA) is 278 Å². The molecule has 1 aromatic rings. The van der Waals surface area contributed by atoms with Gasteiger partial charge in [-0.05, 0) is 60.7 Å². The molecule has 1 heterocycles. The molecule has 0 aromatic heterocycles. The Balaban J connectivity index is 2.25. The van der Waals surface area contributed by atoms with Crippen LogP contribution in [-0.2, 0) is 39.8 Å². The second kappa shape index (κ2) is 20.6. The van der Waals surface area contributed by atoms with Crippen LogP contribution < -0.4 is 27.0 Å². The fraction of sp³-hybridized carbons (Fsp3) is 0.636. The molecule has 17 nitrogen and oxygen atoms in total. The first kappa shape index (κ1) is 44.6. The summed E-state index contributed by atoms with van der Waals surface area (Å²) in [7, 11) is -4.82. The number of carbonyl (C=O) groups excluding carboxylic acids is 5. The molecule has 0 radical (unpaired) electrons. The van der Waals surface area contributed by atoms with Crippen LogP contribution in [-0.4, -0.2) is 116 Å². The highest BCUT2D eigenvalue weighted by atomic mass is 32.2. The number of carbonyl (C=O) groups is 6. The van der Waals surface area contributed by atoms with E-state index >= 15 is 0 Å². The Bertz CT molecular complexity index is 1460. The Labute approximate surface area is 307 Å². The van der Waals surface area contributed by atoms with Crippen LogP contribution in [0, 0.1) is 11.8 Å². The normalized spacial score (nSPS) is 17.5.